The molecule has 5 atom stereocenters. The molecule has 2 aromatic rings. The summed E-state index contributed by atoms with van der Waals surface area (Å²) < 4.78 is 89.0. The van der Waals surface area contributed by atoms with Crippen molar-refractivity contribution < 1.29 is 59.7 Å². The van der Waals surface area contributed by atoms with E-state index in [4.69, 9.17) is 14.2 Å². The quantitative estimate of drug-likeness (QED) is 0.273. The minimum Gasteiger partial charge on any atom is -0.483 e. The van der Waals surface area contributed by atoms with Gasteiger partial charge in [-0.25, -0.2) is 18.2 Å². The molecule has 3 fully saturated rings. The third-order valence-electron chi connectivity index (χ3n) is 12.7. The molecule has 1 aromatic carbocycles. The summed E-state index contributed by atoms with van der Waals surface area (Å²) in [6.07, 6.45) is 2.56. The monoisotopic (exact) mass is 877 g/mol. The van der Waals surface area contributed by atoms with Gasteiger partial charge in [0.25, 0.3) is 5.91 Å². The van der Waals surface area contributed by atoms with Gasteiger partial charge in [0.2, 0.25) is 21.8 Å². The number of ether oxygens (including phenoxy) is 4. The Morgan fingerprint density at radius 2 is 1.85 bits per heavy atom. The highest BCUT2D eigenvalue weighted by Gasteiger charge is 2.64. The van der Waals surface area contributed by atoms with Crippen LogP contribution in [0.15, 0.2) is 30.4 Å². The van der Waals surface area contributed by atoms with Crippen LogP contribution < -0.4 is 24.8 Å². The molecular formula is C42H54F3N5O10S. The van der Waals surface area contributed by atoms with Gasteiger partial charge in [0.1, 0.15) is 40.3 Å². The SMILES string of the molecule is COCCC(C)(C)OC(=O)N[C@H]1CCCCC/C=C\C2C[C@@]2(C(=O)NS(=O)(=O)C2(C)CC2)NC(=O)[C@@H]2C[C@]3(CCc4c(c(C)nc5ccc(OC(F)(F)F)cc45)O3)CN2C1=O. The fourth-order valence-corrected chi connectivity index (χ4v) is 10.0. The van der Waals surface area contributed by atoms with Crippen LogP contribution in [0.2, 0.25) is 0 Å². The van der Waals surface area contributed by atoms with Crippen LogP contribution in [0.1, 0.15) is 103 Å². The van der Waals surface area contributed by atoms with E-state index >= 15 is 0 Å². The number of hydrogen-bond donors (Lipinski definition) is 3. The van der Waals surface area contributed by atoms with E-state index in [1.165, 1.54) is 30.2 Å². The van der Waals surface area contributed by atoms with Crippen molar-refractivity contribution in [3.8, 4) is 11.5 Å². The van der Waals surface area contributed by atoms with Gasteiger partial charge in [-0.3, -0.25) is 19.1 Å². The number of benzene rings is 1. The Hall–Kier alpha value is -4.65. The number of nitrogens with zero attached hydrogens (tertiary/aromatic N) is 2. The molecule has 0 radical (unpaired) electrons. The van der Waals surface area contributed by atoms with Crippen molar-refractivity contribution in [3.63, 3.8) is 0 Å². The molecule has 1 unspecified atom stereocenters. The molecular weight excluding hydrogens is 824 g/mol. The van der Waals surface area contributed by atoms with Crippen LogP contribution in [0, 0.1) is 12.8 Å². The first-order valence-corrected chi connectivity index (χ1v) is 22.3. The molecule has 4 heterocycles. The zero-order valence-electron chi connectivity index (χ0n) is 35.0. The Labute approximate surface area is 352 Å². The molecule has 7 rings (SSSR count). The van der Waals surface area contributed by atoms with Gasteiger partial charge in [-0.1, -0.05) is 25.0 Å². The molecule has 19 heteroatoms. The molecule has 334 valence electrons. The number of rotatable bonds is 9. The van der Waals surface area contributed by atoms with Gasteiger partial charge in [-0.2, -0.15) is 0 Å². The Bertz CT molecular complexity index is 2230. The zero-order valence-corrected chi connectivity index (χ0v) is 35.9. The standard InChI is InChI=1S/C42H54F3N5O10S/c1-25-33-28(29-21-27(58-42(43,44)45)13-14-30(29)46-25)15-16-40(59-33)23-32-34(51)48-41(36(53)49-61(55,56)39(4)17-18-39)22-26(41)11-9-7-6-8-10-12-31(35(52)50(32)24-40)47-37(54)60-38(2,3)19-20-57-5/h9,11,13-14,21,26,31-32H,6-8,10,12,15-20,22-24H2,1-5H3,(H,47,54)(H,48,51)(H,49,53)/b11-9-/t26?,31-,32-,40+,41+/m0/s1. The number of aromatic nitrogens is 1. The second kappa shape index (κ2) is 16.2. The minimum absolute atomic E-state index is 0.0610. The van der Waals surface area contributed by atoms with E-state index in [-0.39, 0.29) is 38.6 Å². The zero-order chi connectivity index (χ0) is 44.2. The second-order valence-corrected chi connectivity index (χ2v) is 20.2. The second-order valence-electron chi connectivity index (χ2n) is 18.0. The van der Waals surface area contributed by atoms with Crippen LogP contribution in [-0.2, 0) is 40.3 Å². The Balaban J connectivity index is 1.23. The van der Waals surface area contributed by atoms with Gasteiger partial charge in [0.15, 0.2) is 0 Å². The molecule has 0 bridgehead atoms. The van der Waals surface area contributed by atoms with Crippen molar-refractivity contribution in [2.45, 2.75) is 145 Å². The van der Waals surface area contributed by atoms with E-state index in [2.05, 4.69) is 25.1 Å². The van der Waals surface area contributed by atoms with Gasteiger partial charge in [0, 0.05) is 43.4 Å². The summed E-state index contributed by atoms with van der Waals surface area (Å²) in [5, 5.41) is 6.02. The van der Waals surface area contributed by atoms with Crippen LogP contribution in [-0.4, -0.2) is 102 Å². The Morgan fingerprint density at radius 3 is 2.56 bits per heavy atom. The maximum Gasteiger partial charge on any atom is 0.573 e. The van der Waals surface area contributed by atoms with E-state index in [1.807, 2.05) is 12.2 Å². The highest BCUT2D eigenvalue weighted by atomic mass is 32.2. The average molecular weight is 878 g/mol. The van der Waals surface area contributed by atoms with Crippen molar-refractivity contribution in [1.29, 1.82) is 0 Å². The van der Waals surface area contributed by atoms with Crippen molar-refractivity contribution in [2.75, 3.05) is 20.3 Å². The number of alkyl halides is 3. The molecule has 1 aromatic heterocycles. The highest BCUT2D eigenvalue weighted by Crippen LogP contribution is 2.49. The first-order chi connectivity index (χ1) is 28.6. The lowest BCUT2D eigenvalue weighted by Crippen LogP contribution is -2.58. The number of carbonyl (C=O) groups is 4. The van der Waals surface area contributed by atoms with Crippen molar-refractivity contribution in [2.24, 2.45) is 5.92 Å². The summed E-state index contributed by atoms with van der Waals surface area (Å²) in [6, 6.07) is 1.50. The molecule has 5 aliphatic rings. The normalized spacial score (nSPS) is 28.2. The molecule has 1 saturated heterocycles. The maximum atomic E-state index is 14.9. The summed E-state index contributed by atoms with van der Waals surface area (Å²) in [4.78, 5) is 62.9. The number of amides is 4. The number of carbonyl (C=O) groups excluding carboxylic acids is 4. The lowest BCUT2D eigenvalue weighted by Gasteiger charge is -2.37. The molecule has 15 nitrogen and oxygen atoms in total. The number of aryl methyl sites for hydroxylation is 2. The van der Waals surface area contributed by atoms with E-state index in [9.17, 15) is 40.8 Å². The third-order valence-corrected chi connectivity index (χ3v) is 14.9. The van der Waals surface area contributed by atoms with Crippen LogP contribution in [0.4, 0.5) is 18.0 Å². The van der Waals surface area contributed by atoms with Crippen molar-refractivity contribution >= 4 is 44.7 Å². The summed E-state index contributed by atoms with van der Waals surface area (Å²) in [5.74, 6) is -2.78. The van der Waals surface area contributed by atoms with Crippen LogP contribution in [0.3, 0.4) is 0 Å². The number of pyridine rings is 1. The van der Waals surface area contributed by atoms with Crippen LogP contribution >= 0.6 is 0 Å². The number of methoxy groups -OCH3 is 1. The van der Waals surface area contributed by atoms with Crippen molar-refractivity contribution in [1.82, 2.24) is 25.2 Å². The summed E-state index contributed by atoms with van der Waals surface area (Å²) in [7, 11) is -2.53. The lowest BCUT2D eigenvalue weighted by molar-refractivity contribution is -0.274. The van der Waals surface area contributed by atoms with Crippen LogP contribution in [0.25, 0.3) is 10.9 Å². The van der Waals surface area contributed by atoms with Gasteiger partial charge in [0.05, 0.1) is 22.5 Å². The van der Waals surface area contributed by atoms with E-state index in [0.29, 0.717) is 73.0 Å². The maximum absolute atomic E-state index is 14.9. The fourth-order valence-electron chi connectivity index (χ4n) is 8.69. The number of hydrogen-bond acceptors (Lipinski definition) is 11. The van der Waals surface area contributed by atoms with Gasteiger partial charge in [-0.05, 0) is 97.3 Å². The number of halogens is 3. The third kappa shape index (κ3) is 9.42. The number of nitrogens with one attached hydrogen (secondary N) is 3. The predicted molar refractivity (Wildman–Crippen MR) is 215 cm³/mol. The smallest absolute Gasteiger partial charge is 0.483 e. The van der Waals surface area contributed by atoms with Gasteiger partial charge >= 0.3 is 12.5 Å². The molecule has 2 saturated carbocycles. The van der Waals surface area contributed by atoms with Crippen molar-refractivity contribution in [3.05, 3.63) is 41.6 Å². The Morgan fingerprint density at radius 1 is 1.10 bits per heavy atom. The van der Waals surface area contributed by atoms with Gasteiger partial charge in [-0.15, -0.1) is 13.2 Å². The Kier molecular flexibility index (Phi) is 11.8. The number of fused-ring (bicyclic) bond motifs is 5. The van der Waals surface area contributed by atoms with Gasteiger partial charge < -0.3 is 34.5 Å². The van der Waals surface area contributed by atoms with E-state index in [1.54, 1.807) is 27.7 Å². The first-order valence-electron chi connectivity index (χ1n) is 20.8. The summed E-state index contributed by atoms with van der Waals surface area (Å²) >= 11 is 0. The average Bonchev–Trinajstić information content (AvgIpc) is 4.07. The van der Waals surface area contributed by atoms with E-state index < -0.39 is 85.4 Å². The fraction of sp³-hybridized carbons (Fsp3) is 0.643. The first kappa shape index (κ1) is 44.4. The number of sulfonamides is 1. The number of allylic oxidation sites excluding steroid dienone is 1. The van der Waals surface area contributed by atoms with E-state index in [0.717, 1.165) is 6.42 Å². The number of alkyl carbamates (subject to hydrolysis) is 1. The minimum atomic E-state index is -4.91. The lowest BCUT2D eigenvalue weighted by atomic mass is 9.87. The molecule has 3 aliphatic heterocycles. The molecule has 2 aliphatic carbocycles. The summed E-state index contributed by atoms with van der Waals surface area (Å²) in [5.41, 5.74) is -2.28. The van der Waals surface area contributed by atoms with Crippen LogP contribution in [0.5, 0.6) is 11.5 Å². The topological polar surface area (TPSA) is 192 Å². The predicted octanol–water partition coefficient (Wildman–Crippen LogP) is 5.41. The highest BCUT2D eigenvalue weighted by molar-refractivity contribution is 7.91. The largest absolute Gasteiger partial charge is 0.573 e. The molecule has 1 spiro atoms. The molecule has 61 heavy (non-hydrogen) atoms. The molecule has 4 amide bonds. The molecule has 3 N–H and O–H groups in total. The summed E-state index contributed by atoms with van der Waals surface area (Å²) in [6.45, 7) is 6.89.